The Morgan fingerprint density at radius 3 is 2.30 bits per heavy atom. The molecule has 2 aromatic carbocycles. The van der Waals surface area contributed by atoms with Crippen molar-refractivity contribution in [2.75, 3.05) is 26.8 Å². The highest BCUT2D eigenvalue weighted by Gasteiger charge is 2.32. The maximum Gasteiger partial charge on any atom is 0.503 e. The van der Waals surface area contributed by atoms with E-state index in [4.69, 9.17) is 47.7 Å². The fourth-order valence-electron chi connectivity index (χ4n) is 6.28. The van der Waals surface area contributed by atoms with Crippen LogP contribution in [0.3, 0.4) is 0 Å². The van der Waals surface area contributed by atoms with E-state index >= 15 is 0 Å². The Kier molecular flexibility index (Phi) is 13.2. The van der Waals surface area contributed by atoms with Gasteiger partial charge in [0.25, 0.3) is 0 Å². The highest BCUT2D eigenvalue weighted by Crippen LogP contribution is 2.43. The van der Waals surface area contributed by atoms with Crippen molar-refractivity contribution in [2.45, 2.75) is 70.4 Å². The molecule has 9 nitrogen and oxygen atoms in total. The van der Waals surface area contributed by atoms with Crippen molar-refractivity contribution in [3.05, 3.63) is 57.1 Å². The maximum absolute atomic E-state index is 11.9. The van der Waals surface area contributed by atoms with E-state index in [2.05, 4.69) is 17.0 Å². The number of likely N-dealkylation sites (tertiary alicyclic amines) is 1. The van der Waals surface area contributed by atoms with Crippen molar-refractivity contribution in [2.24, 2.45) is 5.92 Å². The predicted molar refractivity (Wildman–Crippen MR) is 167 cm³/mol. The second-order valence-electron chi connectivity index (χ2n) is 11.0. The van der Waals surface area contributed by atoms with Gasteiger partial charge < -0.3 is 19.7 Å². The Morgan fingerprint density at radius 1 is 0.977 bits per heavy atom. The number of benzene rings is 2. The first-order chi connectivity index (χ1) is 20.2. The SMILES string of the molecule is COc1cc(CN(CC2CCCCC2)[C@H]2CCc3c2ccc(Cl)c3Cl)ccc1OCCN1C(=O)CCC1=O.Cl.O=C(O)O. The first kappa shape index (κ1) is 34.8. The minimum Gasteiger partial charge on any atom is -0.493 e. The molecule has 5 rings (SSSR count). The number of carbonyl (C=O) groups excluding carboxylic acids is 2. The molecule has 2 aromatic rings. The predicted octanol–water partition coefficient (Wildman–Crippen LogP) is 7.24. The summed E-state index contributed by atoms with van der Waals surface area (Å²) >= 11 is 12.9. The van der Waals surface area contributed by atoms with Crippen molar-refractivity contribution in [1.82, 2.24) is 9.80 Å². The molecule has 12 heteroatoms. The van der Waals surface area contributed by atoms with Crippen LogP contribution in [-0.2, 0) is 22.6 Å². The number of amides is 2. The second-order valence-corrected chi connectivity index (χ2v) is 11.8. The van der Waals surface area contributed by atoms with Gasteiger partial charge in [0.2, 0.25) is 11.8 Å². The lowest BCUT2D eigenvalue weighted by Gasteiger charge is -2.34. The summed E-state index contributed by atoms with van der Waals surface area (Å²) in [7, 11) is 1.64. The first-order valence-corrected chi connectivity index (χ1v) is 15.2. The average molecular weight is 658 g/mol. The lowest BCUT2D eigenvalue weighted by atomic mass is 9.88. The van der Waals surface area contributed by atoms with Gasteiger partial charge in [0.1, 0.15) is 6.61 Å². The molecule has 0 aromatic heterocycles. The summed E-state index contributed by atoms with van der Waals surface area (Å²) in [5, 5.41) is 15.3. The zero-order chi connectivity index (χ0) is 30.2. The number of nitrogens with zero attached hydrogens (tertiary/aromatic N) is 2. The molecule has 1 atom stereocenters. The van der Waals surface area contributed by atoms with E-state index < -0.39 is 6.16 Å². The number of ether oxygens (including phenoxy) is 2. The Labute approximate surface area is 268 Å². The van der Waals surface area contributed by atoms with Crippen LogP contribution in [0.5, 0.6) is 11.5 Å². The van der Waals surface area contributed by atoms with Gasteiger partial charge in [-0.1, -0.05) is 54.6 Å². The number of fused-ring (bicyclic) bond motifs is 1. The molecule has 236 valence electrons. The largest absolute Gasteiger partial charge is 0.503 e. The molecule has 0 unspecified atom stereocenters. The van der Waals surface area contributed by atoms with Gasteiger partial charge >= 0.3 is 6.16 Å². The lowest BCUT2D eigenvalue weighted by Crippen LogP contribution is -2.33. The Hall–Kier alpha value is -2.72. The molecular weight excluding hydrogens is 619 g/mol. The van der Waals surface area contributed by atoms with Gasteiger partial charge in [-0.15, -0.1) is 12.4 Å². The van der Waals surface area contributed by atoms with Crippen LogP contribution in [0.1, 0.15) is 74.1 Å². The van der Waals surface area contributed by atoms with E-state index in [1.165, 1.54) is 48.1 Å². The molecule has 1 saturated carbocycles. The molecule has 1 aliphatic heterocycles. The van der Waals surface area contributed by atoms with Gasteiger partial charge in [0.15, 0.2) is 11.5 Å². The van der Waals surface area contributed by atoms with Crippen LogP contribution in [-0.4, -0.2) is 64.8 Å². The number of imide groups is 1. The normalized spacial score (nSPS) is 18.1. The number of carbonyl (C=O) groups is 3. The zero-order valence-corrected chi connectivity index (χ0v) is 26.6. The summed E-state index contributed by atoms with van der Waals surface area (Å²) in [5.74, 6) is 1.71. The summed E-state index contributed by atoms with van der Waals surface area (Å²) in [6, 6.07) is 10.4. The van der Waals surface area contributed by atoms with Gasteiger partial charge in [0.05, 0.1) is 23.7 Å². The Balaban J connectivity index is 0.000000954. The minimum absolute atomic E-state index is 0. The second kappa shape index (κ2) is 16.4. The number of methoxy groups -OCH3 is 1. The third-order valence-electron chi connectivity index (χ3n) is 8.26. The monoisotopic (exact) mass is 656 g/mol. The summed E-state index contributed by atoms with van der Waals surface area (Å²) in [4.78, 5) is 36.2. The molecule has 0 radical (unpaired) electrons. The molecule has 2 amide bonds. The van der Waals surface area contributed by atoms with Crippen LogP contribution in [0.25, 0.3) is 0 Å². The fraction of sp³-hybridized carbons (Fsp3) is 0.516. The van der Waals surface area contributed by atoms with E-state index in [0.717, 1.165) is 31.5 Å². The van der Waals surface area contributed by atoms with Crippen molar-refractivity contribution in [3.8, 4) is 11.5 Å². The number of carboxylic acid groups (broad SMARTS) is 2. The van der Waals surface area contributed by atoms with Gasteiger partial charge in [-0.25, -0.2) is 4.79 Å². The van der Waals surface area contributed by atoms with Crippen molar-refractivity contribution >= 4 is 53.6 Å². The molecule has 1 heterocycles. The molecule has 3 aliphatic rings. The minimum atomic E-state index is -1.83. The highest BCUT2D eigenvalue weighted by atomic mass is 35.5. The maximum atomic E-state index is 11.9. The van der Waals surface area contributed by atoms with Gasteiger partial charge in [-0.05, 0) is 66.5 Å². The summed E-state index contributed by atoms with van der Waals surface area (Å²) in [6.45, 7) is 2.35. The standard InChI is InChI=1S/C30H36Cl2N2O4.CH2O3.ClH/c1-37-27-17-21(7-12-26(27)38-16-15-34-28(35)13-14-29(34)36)19-33(18-20-5-3-2-4-6-20)25-11-9-23-22(25)8-10-24(31)30(23)32;2-1(3)4;/h7-8,10,12,17,20,25H,2-6,9,11,13-16,18-19H2,1H3;(H2,2,3,4);1H/t25-;;/m0../s1. The van der Waals surface area contributed by atoms with E-state index in [-0.39, 0.29) is 37.4 Å². The van der Waals surface area contributed by atoms with Crippen LogP contribution in [0.4, 0.5) is 4.79 Å². The fourth-order valence-corrected chi connectivity index (χ4v) is 6.72. The Morgan fingerprint density at radius 2 is 1.65 bits per heavy atom. The summed E-state index contributed by atoms with van der Waals surface area (Å²) < 4.78 is 11.6. The van der Waals surface area contributed by atoms with Crippen LogP contribution in [0.15, 0.2) is 30.3 Å². The average Bonchev–Trinajstić information content (AvgIpc) is 3.54. The Bertz CT molecular complexity index is 1270. The summed E-state index contributed by atoms with van der Waals surface area (Å²) in [6.07, 6.45) is 7.27. The zero-order valence-electron chi connectivity index (χ0n) is 24.2. The topological polar surface area (TPSA) is 117 Å². The van der Waals surface area contributed by atoms with E-state index in [9.17, 15) is 9.59 Å². The number of hydrogen-bond donors (Lipinski definition) is 2. The lowest BCUT2D eigenvalue weighted by molar-refractivity contribution is -0.138. The summed E-state index contributed by atoms with van der Waals surface area (Å²) in [5.41, 5.74) is 3.64. The number of rotatable bonds is 10. The third kappa shape index (κ3) is 9.14. The number of halogens is 3. The van der Waals surface area contributed by atoms with E-state index in [1.807, 2.05) is 18.2 Å². The quantitative estimate of drug-likeness (QED) is 0.257. The van der Waals surface area contributed by atoms with Crippen LogP contribution in [0.2, 0.25) is 10.0 Å². The van der Waals surface area contributed by atoms with Crippen molar-refractivity contribution < 1.29 is 34.1 Å². The van der Waals surface area contributed by atoms with E-state index in [1.54, 1.807) is 7.11 Å². The number of hydrogen-bond acceptors (Lipinski definition) is 6. The molecule has 0 bridgehead atoms. The van der Waals surface area contributed by atoms with Crippen LogP contribution < -0.4 is 9.47 Å². The molecular formula is C31H39Cl3N2O7. The smallest absolute Gasteiger partial charge is 0.493 e. The van der Waals surface area contributed by atoms with Gasteiger partial charge in [-0.2, -0.15) is 0 Å². The van der Waals surface area contributed by atoms with E-state index in [0.29, 0.717) is 46.3 Å². The third-order valence-corrected chi connectivity index (χ3v) is 9.10. The molecule has 1 saturated heterocycles. The van der Waals surface area contributed by atoms with Gasteiger partial charge in [-0.3, -0.25) is 19.4 Å². The van der Waals surface area contributed by atoms with Gasteiger partial charge in [0, 0.05) is 32.0 Å². The molecule has 2 aliphatic carbocycles. The first-order valence-electron chi connectivity index (χ1n) is 14.4. The molecule has 0 spiro atoms. The molecule has 2 N–H and O–H groups in total. The van der Waals surface area contributed by atoms with Crippen LogP contribution >= 0.6 is 35.6 Å². The van der Waals surface area contributed by atoms with Crippen LogP contribution in [0, 0.1) is 5.92 Å². The van der Waals surface area contributed by atoms with Crippen molar-refractivity contribution in [1.29, 1.82) is 0 Å². The van der Waals surface area contributed by atoms with Crippen molar-refractivity contribution in [3.63, 3.8) is 0 Å². The molecule has 43 heavy (non-hydrogen) atoms. The molecule has 2 fully saturated rings. The highest BCUT2D eigenvalue weighted by molar-refractivity contribution is 6.42.